The van der Waals surface area contributed by atoms with E-state index in [9.17, 15) is 14.4 Å². The van der Waals surface area contributed by atoms with Crippen LogP contribution in [0.4, 0.5) is 0 Å². The molecule has 0 bridgehead atoms. The molecule has 4 aromatic carbocycles. The fraction of sp³-hybridized carbons (Fsp3) is 0.0370. The molecule has 0 fully saturated rings. The van der Waals surface area contributed by atoms with Gasteiger partial charge in [-0.3, -0.25) is 9.59 Å². The first-order valence-corrected chi connectivity index (χ1v) is 11.0. The van der Waals surface area contributed by atoms with E-state index in [2.05, 4.69) is 15.8 Å². The van der Waals surface area contributed by atoms with Crippen LogP contribution in [-0.2, 0) is 4.79 Å². The number of halogens is 1. The molecule has 7 nitrogen and oxygen atoms in total. The van der Waals surface area contributed by atoms with Gasteiger partial charge in [0, 0.05) is 5.56 Å². The Labute approximate surface area is 206 Å². The van der Waals surface area contributed by atoms with Crippen molar-refractivity contribution in [2.75, 3.05) is 6.54 Å². The molecule has 0 heterocycles. The highest BCUT2D eigenvalue weighted by Crippen LogP contribution is 2.19. The van der Waals surface area contributed by atoms with Crippen LogP contribution in [0.25, 0.3) is 10.8 Å². The quantitative estimate of drug-likeness (QED) is 0.173. The van der Waals surface area contributed by atoms with Gasteiger partial charge >= 0.3 is 5.97 Å². The Kier molecular flexibility index (Phi) is 7.50. The number of hydrogen-bond donors (Lipinski definition) is 2. The van der Waals surface area contributed by atoms with Crippen molar-refractivity contribution < 1.29 is 19.1 Å². The lowest BCUT2D eigenvalue weighted by Gasteiger charge is -2.07. The summed E-state index contributed by atoms with van der Waals surface area (Å²) in [7, 11) is 0. The first-order chi connectivity index (χ1) is 17.0. The zero-order valence-corrected chi connectivity index (χ0v) is 19.2. The van der Waals surface area contributed by atoms with Crippen LogP contribution in [0.1, 0.15) is 26.3 Å². The second kappa shape index (κ2) is 11.1. The smallest absolute Gasteiger partial charge is 0.345 e. The second-order valence-electron chi connectivity index (χ2n) is 7.44. The van der Waals surface area contributed by atoms with Gasteiger partial charge in [0.05, 0.1) is 23.3 Å². The third-order valence-electron chi connectivity index (χ3n) is 5.03. The minimum atomic E-state index is -0.560. The lowest BCUT2D eigenvalue weighted by Crippen LogP contribution is -2.35. The number of nitrogens with one attached hydrogen (secondary N) is 2. The molecule has 0 aliphatic heterocycles. The van der Waals surface area contributed by atoms with Gasteiger partial charge in [-0.15, -0.1) is 0 Å². The van der Waals surface area contributed by atoms with Gasteiger partial charge in [-0.25, -0.2) is 10.2 Å². The van der Waals surface area contributed by atoms with Crippen LogP contribution in [0.5, 0.6) is 5.75 Å². The molecule has 174 valence electrons. The topological polar surface area (TPSA) is 96.9 Å². The molecular weight excluding hydrogens is 466 g/mol. The highest BCUT2D eigenvalue weighted by Gasteiger charge is 2.12. The maximum absolute atomic E-state index is 12.5. The Balaban J connectivity index is 1.26. The van der Waals surface area contributed by atoms with Gasteiger partial charge in [0.2, 0.25) is 0 Å². The van der Waals surface area contributed by atoms with Crippen molar-refractivity contribution in [3.8, 4) is 5.75 Å². The standard InChI is InChI=1S/C27H20ClN3O4/c28-24-11-4-3-9-23(24)27(34)35-20-14-12-18(13-15-20)16-30-31-25(32)17-29-26(33)22-10-5-7-19-6-1-2-8-21(19)22/h1-16H,17H2,(H,29,33)(H,31,32)/b30-16+. The van der Waals surface area contributed by atoms with E-state index in [1.165, 1.54) is 6.21 Å². The molecule has 2 N–H and O–H groups in total. The van der Waals surface area contributed by atoms with Crippen LogP contribution in [0, 0.1) is 0 Å². The molecular formula is C27H20ClN3O4. The highest BCUT2D eigenvalue weighted by atomic mass is 35.5. The number of rotatable bonds is 7. The molecule has 0 saturated heterocycles. The molecule has 0 unspecified atom stereocenters. The Morgan fingerprint density at radius 2 is 1.51 bits per heavy atom. The maximum Gasteiger partial charge on any atom is 0.345 e. The van der Waals surface area contributed by atoms with Crippen LogP contribution in [0.15, 0.2) is 96.1 Å². The minimum absolute atomic E-state index is 0.226. The zero-order chi connectivity index (χ0) is 24.6. The number of carbonyl (C=O) groups is 3. The number of ether oxygens (including phenoxy) is 1. The van der Waals surface area contributed by atoms with Gasteiger partial charge in [-0.2, -0.15) is 5.10 Å². The summed E-state index contributed by atoms with van der Waals surface area (Å²) >= 11 is 6.01. The monoisotopic (exact) mass is 485 g/mol. The number of amides is 2. The molecule has 0 aromatic heterocycles. The molecule has 2 amide bonds. The average Bonchev–Trinajstić information content (AvgIpc) is 2.88. The largest absolute Gasteiger partial charge is 0.423 e. The van der Waals surface area contributed by atoms with Gasteiger partial charge in [0.25, 0.3) is 11.8 Å². The number of hydrazone groups is 1. The van der Waals surface area contributed by atoms with E-state index in [0.29, 0.717) is 21.9 Å². The fourth-order valence-electron chi connectivity index (χ4n) is 3.31. The van der Waals surface area contributed by atoms with Gasteiger partial charge in [-0.05, 0) is 58.8 Å². The predicted molar refractivity (Wildman–Crippen MR) is 135 cm³/mol. The molecule has 8 heteroatoms. The number of nitrogens with zero attached hydrogens (tertiary/aromatic N) is 1. The average molecular weight is 486 g/mol. The number of esters is 1. The summed E-state index contributed by atoms with van der Waals surface area (Å²) in [4.78, 5) is 36.8. The van der Waals surface area contributed by atoms with Gasteiger partial charge in [0.15, 0.2) is 0 Å². The first-order valence-electron chi connectivity index (χ1n) is 10.7. The first kappa shape index (κ1) is 23.7. The molecule has 0 radical (unpaired) electrons. The fourth-order valence-corrected chi connectivity index (χ4v) is 3.52. The Bertz CT molecular complexity index is 1410. The number of fused-ring (bicyclic) bond motifs is 1. The highest BCUT2D eigenvalue weighted by molar-refractivity contribution is 6.33. The Morgan fingerprint density at radius 1 is 0.829 bits per heavy atom. The van der Waals surface area contributed by atoms with Crippen molar-refractivity contribution in [2.24, 2.45) is 5.10 Å². The summed E-state index contributed by atoms with van der Waals surface area (Å²) < 4.78 is 5.32. The van der Waals surface area contributed by atoms with Crippen LogP contribution in [-0.4, -0.2) is 30.5 Å². The van der Waals surface area contributed by atoms with Crippen LogP contribution < -0.4 is 15.5 Å². The van der Waals surface area contributed by atoms with Crippen molar-refractivity contribution in [1.82, 2.24) is 10.7 Å². The minimum Gasteiger partial charge on any atom is -0.423 e. The predicted octanol–water partition coefficient (Wildman–Crippen LogP) is 4.59. The van der Waals surface area contributed by atoms with E-state index >= 15 is 0 Å². The molecule has 35 heavy (non-hydrogen) atoms. The van der Waals surface area contributed by atoms with Gasteiger partial charge < -0.3 is 10.1 Å². The summed E-state index contributed by atoms with van der Waals surface area (Å²) in [6, 6.07) is 26.1. The Hall–Kier alpha value is -4.49. The van der Waals surface area contributed by atoms with Crippen molar-refractivity contribution in [3.63, 3.8) is 0 Å². The zero-order valence-electron chi connectivity index (χ0n) is 18.4. The van der Waals surface area contributed by atoms with E-state index in [0.717, 1.165) is 10.8 Å². The van der Waals surface area contributed by atoms with E-state index in [1.807, 2.05) is 30.3 Å². The van der Waals surface area contributed by atoms with Crippen molar-refractivity contribution in [1.29, 1.82) is 0 Å². The van der Waals surface area contributed by atoms with Gasteiger partial charge in [-0.1, -0.05) is 60.1 Å². The molecule has 0 saturated carbocycles. The number of carbonyl (C=O) groups excluding carboxylic acids is 3. The molecule has 4 aromatic rings. The molecule has 4 rings (SSSR count). The lowest BCUT2D eigenvalue weighted by atomic mass is 10.0. The molecule has 0 aliphatic rings. The summed E-state index contributed by atoms with van der Waals surface area (Å²) in [5.74, 6) is -1.04. The van der Waals surface area contributed by atoms with E-state index in [1.54, 1.807) is 60.7 Å². The SMILES string of the molecule is O=C(CNC(=O)c1cccc2ccccc12)N/N=C/c1ccc(OC(=O)c2ccccc2Cl)cc1. The number of hydrogen-bond acceptors (Lipinski definition) is 5. The third-order valence-corrected chi connectivity index (χ3v) is 5.36. The van der Waals surface area contributed by atoms with Crippen LogP contribution in [0.2, 0.25) is 5.02 Å². The van der Waals surface area contributed by atoms with Crippen molar-refractivity contribution in [2.45, 2.75) is 0 Å². The Morgan fingerprint density at radius 3 is 2.31 bits per heavy atom. The normalized spacial score (nSPS) is 10.8. The number of benzene rings is 4. The van der Waals surface area contributed by atoms with Crippen LogP contribution >= 0.6 is 11.6 Å². The van der Waals surface area contributed by atoms with Gasteiger partial charge in [0.1, 0.15) is 5.75 Å². The summed E-state index contributed by atoms with van der Waals surface area (Å²) in [5, 5.41) is 8.56. The summed E-state index contributed by atoms with van der Waals surface area (Å²) in [6.07, 6.45) is 1.43. The molecule has 0 spiro atoms. The van der Waals surface area contributed by atoms with E-state index in [4.69, 9.17) is 16.3 Å². The summed E-state index contributed by atoms with van der Waals surface area (Å²) in [5.41, 5.74) is 3.80. The lowest BCUT2D eigenvalue weighted by molar-refractivity contribution is -0.120. The maximum atomic E-state index is 12.5. The second-order valence-corrected chi connectivity index (χ2v) is 7.85. The van der Waals surface area contributed by atoms with Crippen LogP contribution in [0.3, 0.4) is 0 Å². The summed E-state index contributed by atoms with van der Waals surface area (Å²) in [6.45, 7) is -0.226. The third kappa shape index (κ3) is 6.10. The van der Waals surface area contributed by atoms with E-state index < -0.39 is 11.9 Å². The molecule has 0 atom stereocenters. The molecule has 0 aliphatic carbocycles. The van der Waals surface area contributed by atoms with E-state index in [-0.39, 0.29) is 18.0 Å². The van der Waals surface area contributed by atoms with Crippen molar-refractivity contribution >= 4 is 46.4 Å². The van der Waals surface area contributed by atoms with Crippen molar-refractivity contribution in [3.05, 3.63) is 113 Å².